The second-order valence-electron chi connectivity index (χ2n) is 22.4. The van der Waals surface area contributed by atoms with Crippen molar-refractivity contribution < 1.29 is 16.1 Å². The zero-order chi connectivity index (χ0) is 56.1. The molecule has 1 N–H and O–H groups in total. The van der Waals surface area contributed by atoms with Crippen LogP contribution in [-0.4, -0.2) is 19.6 Å². The van der Waals surface area contributed by atoms with Crippen LogP contribution >= 0.6 is 0 Å². The van der Waals surface area contributed by atoms with Crippen LogP contribution in [0.25, 0.3) is 83.9 Å². The van der Waals surface area contributed by atoms with Crippen molar-refractivity contribution in [3.8, 4) is 78.6 Å². The Morgan fingerprint density at radius 3 is 1.86 bits per heavy atom. The van der Waals surface area contributed by atoms with Gasteiger partial charge in [-0.3, -0.25) is 9.55 Å². The fraction of sp³-hybridized carbons (Fsp3) is 0.262. The number of nitrogens with zero attached hydrogens (tertiary/aromatic N) is 3. The quantitative estimate of drug-likeness (QED) is 0.173. The van der Waals surface area contributed by atoms with Crippen LogP contribution in [0.4, 0.5) is 0 Å². The summed E-state index contributed by atoms with van der Waals surface area (Å²) < 4.78 is 72.3. The van der Waals surface area contributed by atoms with Gasteiger partial charge in [0.05, 0.1) is 34.8 Å². The lowest BCUT2D eigenvalue weighted by Gasteiger charge is -2.28. The first-order valence-electron chi connectivity index (χ1n) is 27.8. The summed E-state index contributed by atoms with van der Waals surface area (Å²) in [6, 6.07) is 39.9. The Labute approximate surface area is 422 Å². The van der Waals surface area contributed by atoms with Gasteiger partial charge < -0.3 is 5.11 Å². The topological polar surface area (TPSA) is 50.9 Å². The highest BCUT2D eigenvalue weighted by atomic mass is 16.3. The third kappa shape index (κ3) is 9.18. The number of aromatic hydroxyl groups is 1. The second kappa shape index (κ2) is 17.5. The summed E-state index contributed by atoms with van der Waals surface area (Å²) in [5.41, 5.74) is 11.5. The van der Waals surface area contributed by atoms with Crippen LogP contribution in [-0.2, 0) is 21.7 Å². The maximum absolute atomic E-state index is 12.7. The molecule has 0 saturated heterocycles. The summed E-state index contributed by atoms with van der Waals surface area (Å²) in [6.45, 7) is 22.9. The molecule has 0 saturated carbocycles. The molecule has 348 valence electrons. The Balaban J connectivity index is 1.36. The van der Waals surface area contributed by atoms with Crippen molar-refractivity contribution >= 4 is 11.0 Å². The van der Waals surface area contributed by atoms with Crippen molar-refractivity contribution in [2.24, 2.45) is 0 Å². The SMILES string of the molecule is [2H]c1c([2H])c([2H])c(-c2ccnc(-c3cc(-c4cccc5c4nc(-c4cc(C(C)(C)C)cc(C(C)(C)C)c4O)n5-c4ccc(-c5c(-c6ccccc6)cccc5C(C)(C)C)cc4C([2H])([2H])[2H])cc(C(C)(C)C)c3)c2)c([2H])c1[2H]. The summed E-state index contributed by atoms with van der Waals surface area (Å²) in [4.78, 5) is 10.3. The smallest absolute Gasteiger partial charge is 0.149 e. The fourth-order valence-electron chi connectivity index (χ4n) is 9.30. The molecule has 0 bridgehead atoms. The van der Waals surface area contributed by atoms with Gasteiger partial charge in [0.15, 0.2) is 0 Å². The van der Waals surface area contributed by atoms with Crippen molar-refractivity contribution in [1.82, 2.24) is 14.5 Å². The van der Waals surface area contributed by atoms with Crippen molar-refractivity contribution in [1.29, 1.82) is 0 Å². The molecule has 4 heteroatoms. The average Bonchev–Trinajstić information content (AvgIpc) is 3.84. The normalized spacial score (nSPS) is 14.3. The fourth-order valence-corrected chi connectivity index (χ4v) is 9.30. The van der Waals surface area contributed by atoms with Gasteiger partial charge >= 0.3 is 0 Å². The van der Waals surface area contributed by atoms with Crippen molar-refractivity contribution in [3.05, 3.63) is 192 Å². The summed E-state index contributed by atoms with van der Waals surface area (Å²) in [5.74, 6) is 0.435. The van der Waals surface area contributed by atoms with Gasteiger partial charge in [0.25, 0.3) is 0 Å². The number of aromatic nitrogens is 3. The molecule has 2 aromatic heterocycles. The molecular formula is C65H67N3O. The molecule has 4 nitrogen and oxygen atoms in total. The minimum Gasteiger partial charge on any atom is -0.507 e. The average molecular weight is 914 g/mol. The number of hydrogen-bond donors (Lipinski definition) is 1. The highest BCUT2D eigenvalue weighted by molar-refractivity contribution is 5.97. The van der Waals surface area contributed by atoms with E-state index in [1.807, 2.05) is 71.3 Å². The lowest BCUT2D eigenvalue weighted by molar-refractivity contribution is 0.446. The number of rotatable bonds is 7. The number of phenols is 1. The molecule has 7 aromatic carbocycles. The maximum Gasteiger partial charge on any atom is 0.149 e. The highest BCUT2D eigenvalue weighted by Crippen LogP contribution is 2.47. The molecule has 0 spiro atoms. The van der Waals surface area contributed by atoms with E-state index in [1.54, 1.807) is 18.3 Å². The molecule has 0 aliphatic carbocycles. The predicted molar refractivity (Wildman–Crippen MR) is 293 cm³/mol. The van der Waals surface area contributed by atoms with Gasteiger partial charge in [0.1, 0.15) is 11.6 Å². The van der Waals surface area contributed by atoms with Gasteiger partial charge in [0.2, 0.25) is 0 Å². The van der Waals surface area contributed by atoms with Crippen LogP contribution in [0.5, 0.6) is 5.75 Å². The number of imidazole rings is 1. The Bertz CT molecular complexity index is 3760. The lowest BCUT2D eigenvalue weighted by atomic mass is 9.78. The number of fused-ring (bicyclic) bond motifs is 1. The molecule has 9 aromatic rings. The van der Waals surface area contributed by atoms with E-state index in [2.05, 4.69) is 132 Å². The van der Waals surface area contributed by atoms with E-state index in [4.69, 9.17) is 16.8 Å². The van der Waals surface area contributed by atoms with Gasteiger partial charge in [-0.15, -0.1) is 0 Å². The Morgan fingerprint density at radius 1 is 0.507 bits per heavy atom. The third-order valence-corrected chi connectivity index (χ3v) is 13.1. The highest BCUT2D eigenvalue weighted by Gasteiger charge is 2.30. The molecule has 0 amide bonds. The summed E-state index contributed by atoms with van der Waals surface area (Å²) in [7, 11) is 0. The first-order valence-corrected chi connectivity index (χ1v) is 23.8. The largest absolute Gasteiger partial charge is 0.507 e. The number of benzene rings is 7. The molecule has 0 aliphatic heterocycles. The van der Waals surface area contributed by atoms with Crippen LogP contribution in [0.3, 0.4) is 0 Å². The first kappa shape index (κ1) is 37.9. The van der Waals surface area contributed by atoms with Crippen molar-refractivity contribution in [2.75, 3.05) is 0 Å². The molecule has 0 fully saturated rings. The number of aryl methyl sites for hydroxylation is 1. The van der Waals surface area contributed by atoms with Crippen molar-refractivity contribution in [3.63, 3.8) is 0 Å². The van der Waals surface area contributed by atoms with E-state index >= 15 is 0 Å². The monoisotopic (exact) mass is 914 g/mol. The predicted octanol–water partition coefficient (Wildman–Crippen LogP) is 17.6. The van der Waals surface area contributed by atoms with Crippen LogP contribution in [0.1, 0.15) is 122 Å². The lowest BCUT2D eigenvalue weighted by Crippen LogP contribution is -2.17. The molecular weight excluding hydrogens is 839 g/mol. The molecule has 69 heavy (non-hydrogen) atoms. The Kier molecular flexibility index (Phi) is 9.60. The maximum atomic E-state index is 12.7. The van der Waals surface area contributed by atoms with Gasteiger partial charge in [-0.25, -0.2) is 4.98 Å². The minimum absolute atomic E-state index is 0.0596. The van der Waals surface area contributed by atoms with Crippen LogP contribution in [0, 0.1) is 6.85 Å². The zero-order valence-electron chi connectivity index (χ0n) is 50.0. The van der Waals surface area contributed by atoms with Crippen LogP contribution in [0.2, 0.25) is 0 Å². The third-order valence-electron chi connectivity index (χ3n) is 13.1. The Morgan fingerprint density at radius 2 is 1.17 bits per heavy atom. The van der Waals surface area contributed by atoms with Gasteiger partial charge in [-0.05, 0) is 138 Å². The van der Waals surface area contributed by atoms with Crippen molar-refractivity contribution in [2.45, 2.75) is 112 Å². The number of phenolic OH excluding ortho intramolecular Hbond substituents is 1. The minimum atomic E-state index is -2.61. The summed E-state index contributed by atoms with van der Waals surface area (Å²) in [6.07, 6.45) is 1.59. The van der Waals surface area contributed by atoms with E-state index in [9.17, 15) is 9.22 Å². The molecule has 0 atom stereocenters. The molecule has 9 rings (SSSR count). The number of para-hydroxylation sites is 1. The standard InChI is InChI=1S/C65H67N3O/c1-41-34-45(58-50(43-24-18-15-19-25-43)26-20-28-53(58)64(8,9)10)30-31-56(41)68-57-29-21-27-51(59(57)67-61(68)52-39-49(63(5,6)7)40-54(60(52)69)65(11,12)13)46-35-47(37-48(36-46)62(2,3)4)55-38-44(32-33-66-55)42-22-16-14-17-23-42/h14-40,69H,1-13H3/i1D3,14D,16D,17D,22D,23D. The van der Waals surface area contributed by atoms with E-state index in [0.29, 0.717) is 39.4 Å². The molecule has 2 heterocycles. The molecule has 0 radical (unpaired) electrons. The number of pyridine rings is 1. The van der Waals surface area contributed by atoms with Crippen LogP contribution in [0.15, 0.2) is 164 Å². The van der Waals surface area contributed by atoms with E-state index in [0.717, 1.165) is 61.2 Å². The van der Waals surface area contributed by atoms with E-state index in [-0.39, 0.29) is 45.2 Å². The summed E-state index contributed by atoms with van der Waals surface area (Å²) in [5, 5.41) is 12.7. The zero-order valence-corrected chi connectivity index (χ0v) is 42.0. The number of hydrogen-bond acceptors (Lipinski definition) is 3. The van der Waals surface area contributed by atoms with Crippen LogP contribution < -0.4 is 0 Å². The Hall–Kier alpha value is -7.04. The molecule has 0 aliphatic rings. The second-order valence-corrected chi connectivity index (χ2v) is 22.4. The first-order chi connectivity index (χ1) is 35.9. The van der Waals surface area contributed by atoms with Gasteiger partial charge in [-0.2, -0.15) is 0 Å². The molecule has 0 unspecified atom stereocenters. The van der Waals surface area contributed by atoms with Gasteiger partial charge in [-0.1, -0.05) is 192 Å². The van der Waals surface area contributed by atoms with E-state index in [1.165, 1.54) is 0 Å². The van der Waals surface area contributed by atoms with E-state index < -0.39 is 30.4 Å². The summed E-state index contributed by atoms with van der Waals surface area (Å²) >= 11 is 0. The van der Waals surface area contributed by atoms with Gasteiger partial charge in [0, 0.05) is 27.0 Å².